The maximum atomic E-state index is 10.5. The van der Waals surface area contributed by atoms with Crippen molar-refractivity contribution < 1.29 is 47.6 Å². The number of benzene rings is 1. The van der Waals surface area contributed by atoms with Gasteiger partial charge >= 0.3 is 0 Å². The van der Waals surface area contributed by atoms with Gasteiger partial charge in [0.2, 0.25) is 0 Å². The summed E-state index contributed by atoms with van der Waals surface area (Å²) in [5.74, 6) is -0.891. The number of methoxy groups -OCH3 is 1. The first-order chi connectivity index (χ1) is 27.2. The second kappa shape index (κ2) is 18.5. The molecule has 5 aromatic rings. The summed E-state index contributed by atoms with van der Waals surface area (Å²) in [7, 11) is -2.31. The van der Waals surface area contributed by atoms with Crippen molar-refractivity contribution >= 4 is 55.4 Å². The van der Waals surface area contributed by atoms with Crippen LogP contribution in [-0.4, -0.2) is 119 Å². The van der Waals surface area contributed by atoms with Crippen molar-refractivity contribution in [2.24, 2.45) is 11.8 Å². The standard InChI is InChI=1S/C15H18ClN3O3.C12H14ClN3O3.C7H8O3S.C5H12O/c1-15(2)21-11-8(6-20)5-10(12(11)22-15)19-4-3-9-13(16)17-7-18-14(9)19;13-11-7-1-2-16(12(7)15-5-14-11)8-3-6(4-17)9(18)10(8)19;1-6-2-4-7(5-3-6)11(8,9)10;1-5(2,3)6-4/h3-4,7-8,10-12,20H,5-6H2,1-2H3;1-2,5-6,8-10,17-19H,3-4H2;2-5H,1H3,(H,8,9,10);1-4H3/t8-,10-,11-,12?;6-,8-,9-,10+;;/m11../s1. The molecule has 5 N–H and O–H groups in total. The SMILES string of the molecule is CC1(C)OC2[C@H](n3ccc4c(Cl)ncnc43)C[C@H](CO)[C@H]2O1.COC(C)(C)C.Cc1ccc(S(=O)(=O)O)cc1.OC[C@H]1C[C@@H](n2ccc3c(Cl)ncnc32)[C@H](O)[C@@H]1O. The summed E-state index contributed by atoms with van der Waals surface area (Å²) in [6.45, 7) is 11.7. The van der Waals surface area contributed by atoms with E-state index in [0.29, 0.717) is 27.8 Å². The van der Waals surface area contributed by atoms with E-state index >= 15 is 0 Å². The van der Waals surface area contributed by atoms with Crippen LogP contribution in [0.15, 0.2) is 66.3 Å². The Hall–Kier alpha value is -3.33. The highest BCUT2D eigenvalue weighted by molar-refractivity contribution is 7.85. The number of hydrogen-bond acceptors (Lipinski definition) is 13. The van der Waals surface area contributed by atoms with Gasteiger partial charge in [-0.1, -0.05) is 40.9 Å². The molecule has 1 aromatic carbocycles. The molecule has 1 saturated heterocycles. The quantitative estimate of drug-likeness (QED) is 0.113. The van der Waals surface area contributed by atoms with Gasteiger partial charge in [0, 0.05) is 44.6 Å². The van der Waals surface area contributed by atoms with Crippen molar-refractivity contribution in [2.45, 2.75) is 107 Å². The number of aliphatic hydroxyl groups is 4. The van der Waals surface area contributed by atoms with E-state index in [1.54, 1.807) is 36.1 Å². The van der Waals surface area contributed by atoms with Gasteiger partial charge in [-0.3, -0.25) is 4.55 Å². The first-order valence-electron chi connectivity index (χ1n) is 18.7. The number of aryl methyl sites for hydroxylation is 1. The number of rotatable bonds is 5. The molecule has 3 fully saturated rings. The summed E-state index contributed by atoms with van der Waals surface area (Å²) >= 11 is 12.1. The third-order valence-corrected chi connectivity index (χ3v) is 11.8. The van der Waals surface area contributed by atoms with Gasteiger partial charge in [0.15, 0.2) is 5.79 Å². The van der Waals surface area contributed by atoms with Gasteiger partial charge in [-0.2, -0.15) is 8.42 Å². The molecule has 3 aliphatic rings. The molecule has 5 heterocycles. The summed E-state index contributed by atoms with van der Waals surface area (Å²) in [5, 5.41) is 41.2. The molecule has 318 valence electrons. The van der Waals surface area contributed by atoms with Crippen LogP contribution in [0.5, 0.6) is 0 Å². The van der Waals surface area contributed by atoms with Gasteiger partial charge in [-0.05, 0) is 78.6 Å². The third-order valence-electron chi connectivity index (χ3n) is 10.4. The predicted molar refractivity (Wildman–Crippen MR) is 217 cm³/mol. The van der Waals surface area contributed by atoms with Crippen molar-refractivity contribution in [3.63, 3.8) is 0 Å². The number of aromatic nitrogens is 6. The molecule has 0 radical (unpaired) electrons. The zero-order valence-electron chi connectivity index (χ0n) is 33.3. The van der Waals surface area contributed by atoms with Gasteiger partial charge in [-0.15, -0.1) is 0 Å². The lowest BCUT2D eigenvalue weighted by Gasteiger charge is -2.24. The molecule has 16 nitrogen and oxygen atoms in total. The van der Waals surface area contributed by atoms with Crippen LogP contribution < -0.4 is 0 Å². The minimum Gasteiger partial charge on any atom is -0.396 e. The monoisotopic (exact) mass is 866 g/mol. The van der Waals surface area contributed by atoms with Crippen molar-refractivity contribution in [1.82, 2.24) is 29.1 Å². The van der Waals surface area contributed by atoms with E-state index in [-0.39, 0.29) is 59.8 Å². The second-order valence-electron chi connectivity index (χ2n) is 15.9. The summed E-state index contributed by atoms with van der Waals surface area (Å²) in [4.78, 5) is 16.4. The lowest BCUT2D eigenvalue weighted by molar-refractivity contribution is -0.161. The minimum absolute atomic E-state index is 0.0417. The number of aliphatic hydroxyl groups excluding tert-OH is 4. The smallest absolute Gasteiger partial charge is 0.294 e. The fourth-order valence-electron chi connectivity index (χ4n) is 7.19. The Kier molecular flexibility index (Phi) is 14.6. The van der Waals surface area contributed by atoms with Crippen LogP contribution in [0.4, 0.5) is 0 Å². The van der Waals surface area contributed by atoms with Gasteiger partial charge in [0.1, 0.15) is 46.5 Å². The summed E-state index contributed by atoms with van der Waals surface area (Å²) in [6, 6.07) is 9.42. The highest BCUT2D eigenvalue weighted by Crippen LogP contribution is 2.47. The van der Waals surface area contributed by atoms with E-state index in [1.165, 1.54) is 24.8 Å². The lowest BCUT2D eigenvalue weighted by atomic mass is 10.1. The van der Waals surface area contributed by atoms with Crippen molar-refractivity contribution in [1.29, 1.82) is 0 Å². The Morgan fingerprint density at radius 3 is 1.71 bits per heavy atom. The van der Waals surface area contributed by atoms with E-state index in [4.69, 9.17) is 42.0 Å². The average Bonchev–Trinajstić information content (AvgIpc) is 3.98. The Balaban J connectivity index is 0.000000162. The first kappa shape index (κ1) is 45.7. The second-order valence-corrected chi connectivity index (χ2v) is 18.0. The highest BCUT2D eigenvalue weighted by Gasteiger charge is 2.54. The van der Waals surface area contributed by atoms with E-state index in [0.717, 1.165) is 23.0 Å². The number of halogens is 2. The maximum absolute atomic E-state index is 10.5. The van der Waals surface area contributed by atoms with Crippen molar-refractivity contribution in [3.8, 4) is 0 Å². The molecule has 8 rings (SSSR count). The van der Waals surface area contributed by atoms with Crippen LogP contribution in [0.3, 0.4) is 0 Å². The van der Waals surface area contributed by atoms with Crippen LogP contribution in [0.2, 0.25) is 10.3 Å². The predicted octanol–water partition coefficient (Wildman–Crippen LogP) is 5.19. The molecule has 0 spiro atoms. The van der Waals surface area contributed by atoms with Crippen LogP contribution >= 0.6 is 23.2 Å². The molecule has 1 unspecified atom stereocenters. The molecule has 2 saturated carbocycles. The third kappa shape index (κ3) is 10.5. The van der Waals surface area contributed by atoms with Gasteiger partial charge in [0.25, 0.3) is 10.1 Å². The topological polar surface area (TPSA) is 224 Å². The molecule has 8 atom stereocenters. The zero-order valence-corrected chi connectivity index (χ0v) is 35.7. The molecule has 0 amide bonds. The lowest BCUT2D eigenvalue weighted by Crippen LogP contribution is -2.30. The molecule has 2 aliphatic carbocycles. The molecule has 58 heavy (non-hydrogen) atoms. The highest BCUT2D eigenvalue weighted by atomic mass is 35.5. The Morgan fingerprint density at radius 2 is 1.26 bits per heavy atom. The van der Waals surface area contributed by atoms with Crippen molar-refractivity contribution in [2.75, 3.05) is 20.3 Å². The Labute approximate surface area is 347 Å². The maximum Gasteiger partial charge on any atom is 0.294 e. The number of nitrogens with zero attached hydrogens (tertiary/aromatic N) is 6. The van der Waals surface area contributed by atoms with Crippen LogP contribution in [0, 0.1) is 18.8 Å². The average molecular weight is 868 g/mol. The summed E-state index contributed by atoms with van der Waals surface area (Å²) in [6.07, 6.45) is 5.78. The van der Waals surface area contributed by atoms with E-state index < -0.39 is 28.1 Å². The molecule has 19 heteroatoms. The van der Waals surface area contributed by atoms with E-state index in [2.05, 4.69) is 24.5 Å². The van der Waals surface area contributed by atoms with E-state index in [1.807, 2.05) is 53.8 Å². The first-order valence-corrected chi connectivity index (χ1v) is 20.9. The Bertz CT molecular complexity index is 2250. The molecule has 0 bridgehead atoms. The molecular formula is C39H52Cl2N6O10S. The van der Waals surface area contributed by atoms with Crippen LogP contribution in [-0.2, 0) is 24.3 Å². The van der Waals surface area contributed by atoms with Gasteiger partial charge in [0.05, 0.1) is 45.6 Å². The van der Waals surface area contributed by atoms with E-state index in [9.17, 15) is 28.8 Å². The minimum atomic E-state index is -4.02. The van der Waals surface area contributed by atoms with Gasteiger partial charge in [-0.25, -0.2) is 19.9 Å². The van der Waals surface area contributed by atoms with Crippen molar-refractivity contribution in [3.05, 3.63) is 77.3 Å². The molecular weight excluding hydrogens is 815 g/mol. The molecule has 4 aromatic heterocycles. The van der Waals surface area contributed by atoms with Crippen LogP contribution in [0.25, 0.3) is 22.1 Å². The fraction of sp³-hybridized carbons (Fsp3) is 0.538. The largest absolute Gasteiger partial charge is 0.396 e. The number of fused-ring (bicyclic) bond motifs is 3. The van der Waals surface area contributed by atoms with Crippen LogP contribution in [0.1, 0.15) is 65.1 Å². The summed E-state index contributed by atoms with van der Waals surface area (Å²) in [5.41, 5.74) is 2.41. The fourth-order valence-corrected chi connectivity index (χ4v) is 8.05. The normalized spacial score (nSPS) is 26.3. The molecule has 1 aliphatic heterocycles. The number of hydrogen-bond donors (Lipinski definition) is 5. The Morgan fingerprint density at radius 1 is 0.793 bits per heavy atom. The van der Waals surface area contributed by atoms with Gasteiger partial charge < -0.3 is 43.8 Å². The number of ether oxygens (including phenoxy) is 3. The zero-order chi connectivity index (χ0) is 42.7. The summed E-state index contributed by atoms with van der Waals surface area (Å²) < 4.78 is 50.4.